The van der Waals surface area contributed by atoms with Crippen LogP contribution in [0.4, 0.5) is 5.82 Å². The number of aromatic amines is 1. The van der Waals surface area contributed by atoms with Gasteiger partial charge in [0.1, 0.15) is 0 Å². The summed E-state index contributed by atoms with van der Waals surface area (Å²) >= 11 is 0. The molecule has 0 bridgehead atoms. The van der Waals surface area contributed by atoms with E-state index in [0.29, 0.717) is 17.9 Å². The molecule has 1 saturated heterocycles. The van der Waals surface area contributed by atoms with Gasteiger partial charge in [0, 0.05) is 36.3 Å². The summed E-state index contributed by atoms with van der Waals surface area (Å²) in [7, 11) is 0. The molecule has 0 aromatic carbocycles. The molecule has 3 rings (SSSR count). The summed E-state index contributed by atoms with van der Waals surface area (Å²) in [6.45, 7) is 6.65. The maximum atomic E-state index is 6.00. The SMILES string of the molecule is CC(C)C1CCCc2c(N3CCC(N)C3)n[nH]c21. The maximum Gasteiger partial charge on any atom is 0.153 e. The fraction of sp³-hybridized carbons (Fsp3) is 0.786. The van der Waals surface area contributed by atoms with Gasteiger partial charge in [-0.1, -0.05) is 13.8 Å². The first-order chi connectivity index (χ1) is 8.66. The summed E-state index contributed by atoms with van der Waals surface area (Å²) in [5.41, 5.74) is 8.86. The van der Waals surface area contributed by atoms with Gasteiger partial charge in [0.2, 0.25) is 0 Å². The lowest BCUT2D eigenvalue weighted by atomic mass is 9.81. The molecule has 1 aliphatic heterocycles. The second-order valence-electron chi connectivity index (χ2n) is 6.18. The Morgan fingerprint density at radius 2 is 2.22 bits per heavy atom. The molecular weight excluding hydrogens is 224 g/mol. The molecule has 1 fully saturated rings. The van der Waals surface area contributed by atoms with Gasteiger partial charge >= 0.3 is 0 Å². The van der Waals surface area contributed by atoms with Gasteiger partial charge in [-0.3, -0.25) is 5.10 Å². The Balaban J connectivity index is 1.90. The van der Waals surface area contributed by atoms with Gasteiger partial charge in [0.15, 0.2) is 5.82 Å². The monoisotopic (exact) mass is 248 g/mol. The molecule has 2 atom stereocenters. The minimum atomic E-state index is 0.321. The van der Waals surface area contributed by atoms with E-state index in [9.17, 15) is 0 Å². The van der Waals surface area contributed by atoms with Crippen LogP contribution in [0.3, 0.4) is 0 Å². The largest absolute Gasteiger partial charge is 0.353 e. The molecule has 1 aromatic rings. The molecule has 4 heteroatoms. The van der Waals surface area contributed by atoms with Crippen molar-refractivity contribution in [1.29, 1.82) is 0 Å². The van der Waals surface area contributed by atoms with Crippen molar-refractivity contribution >= 4 is 5.82 Å². The van der Waals surface area contributed by atoms with E-state index in [1.807, 2.05) is 0 Å². The average Bonchev–Trinajstić information content (AvgIpc) is 2.93. The highest BCUT2D eigenvalue weighted by Crippen LogP contribution is 2.39. The van der Waals surface area contributed by atoms with E-state index in [-0.39, 0.29) is 0 Å². The normalized spacial score (nSPS) is 27.9. The number of rotatable bonds is 2. The Labute approximate surface area is 109 Å². The van der Waals surface area contributed by atoms with Crippen LogP contribution in [0.2, 0.25) is 0 Å². The van der Waals surface area contributed by atoms with E-state index in [0.717, 1.165) is 19.5 Å². The third-order valence-electron chi connectivity index (χ3n) is 4.52. The van der Waals surface area contributed by atoms with E-state index in [2.05, 4.69) is 28.9 Å². The number of fused-ring (bicyclic) bond motifs is 1. The Morgan fingerprint density at radius 3 is 2.89 bits per heavy atom. The molecule has 2 unspecified atom stereocenters. The zero-order valence-corrected chi connectivity index (χ0v) is 11.4. The van der Waals surface area contributed by atoms with Crippen LogP contribution in [-0.2, 0) is 6.42 Å². The molecule has 1 aromatic heterocycles. The van der Waals surface area contributed by atoms with Gasteiger partial charge in [0.25, 0.3) is 0 Å². The second kappa shape index (κ2) is 4.57. The van der Waals surface area contributed by atoms with E-state index >= 15 is 0 Å². The molecule has 0 amide bonds. The van der Waals surface area contributed by atoms with Crippen LogP contribution in [0, 0.1) is 5.92 Å². The zero-order chi connectivity index (χ0) is 12.7. The molecule has 18 heavy (non-hydrogen) atoms. The lowest BCUT2D eigenvalue weighted by Gasteiger charge is -2.26. The van der Waals surface area contributed by atoms with Crippen LogP contribution in [0.5, 0.6) is 0 Å². The molecule has 0 saturated carbocycles. The predicted octanol–water partition coefficient (Wildman–Crippen LogP) is 2.02. The van der Waals surface area contributed by atoms with Crippen LogP contribution < -0.4 is 10.6 Å². The first-order valence-corrected chi connectivity index (χ1v) is 7.24. The van der Waals surface area contributed by atoms with Gasteiger partial charge in [-0.25, -0.2) is 0 Å². The van der Waals surface area contributed by atoms with Crippen molar-refractivity contribution in [2.45, 2.75) is 51.5 Å². The number of hydrogen-bond acceptors (Lipinski definition) is 3. The van der Waals surface area contributed by atoms with Crippen LogP contribution in [0.25, 0.3) is 0 Å². The summed E-state index contributed by atoms with van der Waals surface area (Å²) in [5.74, 6) is 2.53. The highest BCUT2D eigenvalue weighted by molar-refractivity contribution is 5.52. The number of nitrogens with zero attached hydrogens (tertiary/aromatic N) is 2. The molecule has 2 aliphatic rings. The quantitative estimate of drug-likeness (QED) is 0.842. The first kappa shape index (κ1) is 12.0. The summed E-state index contributed by atoms with van der Waals surface area (Å²) in [5, 5.41) is 7.91. The van der Waals surface area contributed by atoms with Gasteiger partial charge in [-0.2, -0.15) is 5.10 Å². The molecule has 0 spiro atoms. The van der Waals surface area contributed by atoms with Crippen molar-refractivity contribution in [1.82, 2.24) is 10.2 Å². The van der Waals surface area contributed by atoms with Gasteiger partial charge in [-0.05, 0) is 31.6 Å². The van der Waals surface area contributed by atoms with Crippen molar-refractivity contribution in [3.8, 4) is 0 Å². The lowest BCUT2D eigenvalue weighted by Crippen LogP contribution is -2.27. The number of nitrogens with two attached hydrogens (primary N) is 1. The Bertz CT molecular complexity index is 423. The van der Waals surface area contributed by atoms with Crippen LogP contribution in [-0.4, -0.2) is 29.3 Å². The van der Waals surface area contributed by atoms with Crippen LogP contribution >= 0.6 is 0 Å². The number of hydrogen-bond donors (Lipinski definition) is 2. The first-order valence-electron chi connectivity index (χ1n) is 7.24. The van der Waals surface area contributed by atoms with Crippen molar-refractivity contribution in [2.24, 2.45) is 11.7 Å². The highest BCUT2D eigenvalue weighted by atomic mass is 15.3. The van der Waals surface area contributed by atoms with Crippen LogP contribution in [0.15, 0.2) is 0 Å². The summed E-state index contributed by atoms with van der Waals surface area (Å²) < 4.78 is 0. The van der Waals surface area contributed by atoms with Gasteiger partial charge < -0.3 is 10.6 Å². The lowest BCUT2D eigenvalue weighted by molar-refractivity contribution is 0.425. The third-order valence-corrected chi connectivity index (χ3v) is 4.52. The maximum absolute atomic E-state index is 6.00. The van der Waals surface area contributed by atoms with Crippen molar-refractivity contribution in [3.05, 3.63) is 11.3 Å². The number of nitrogens with one attached hydrogen (secondary N) is 1. The minimum Gasteiger partial charge on any atom is -0.353 e. The fourth-order valence-electron chi connectivity index (χ4n) is 3.47. The molecule has 1 aliphatic carbocycles. The van der Waals surface area contributed by atoms with Gasteiger partial charge in [-0.15, -0.1) is 0 Å². The molecule has 0 radical (unpaired) electrons. The Kier molecular flexibility index (Phi) is 3.06. The second-order valence-corrected chi connectivity index (χ2v) is 6.18. The summed E-state index contributed by atoms with van der Waals surface area (Å²) in [6, 6.07) is 0.321. The van der Waals surface area contributed by atoms with Crippen molar-refractivity contribution < 1.29 is 0 Å². The molecule has 2 heterocycles. The molecule has 3 N–H and O–H groups in total. The topological polar surface area (TPSA) is 57.9 Å². The third kappa shape index (κ3) is 1.92. The van der Waals surface area contributed by atoms with E-state index in [4.69, 9.17) is 5.73 Å². The van der Waals surface area contributed by atoms with Crippen molar-refractivity contribution in [3.63, 3.8) is 0 Å². The van der Waals surface area contributed by atoms with Crippen LogP contribution in [0.1, 0.15) is 50.3 Å². The number of anilines is 1. The Morgan fingerprint density at radius 1 is 1.39 bits per heavy atom. The number of H-pyrrole nitrogens is 1. The summed E-state index contributed by atoms with van der Waals surface area (Å²) in [6.07, 6.45) is 4.86. The molecular formula is C14H24N4. The van der Waals surface area contributed by atoms with Gasteiger partial charge in [0.05, 0.1) is 0 Å². The molecule has 100 valence electrons. The minimum absolute atomic E-state index is 0.321. The summed E-state index contributed by atoms with van der Waals surface area (Å²) in [4.78, 5) is 2.36. The van der Waals surface area contributed by atoms with E-state index in [1.165, 1.54) is 36.3 Å². The van der Waals surface area contributed by atoms with Crippen molar-refractivity contribution in [2.75, 3.05) is 18.0 Å². The van der Waals surface area contributed by atoms with E-state index in [1.54, 1.807) is 0 Å². The standard InChI is InChI=1S/C14H24N4/c1-9(2)11-4-3-5-12-13(11)16-17-14(12)18-7-6-10(15)8-18/h9-11H,3-8,15H2,1-2H3,(H,16,17). The predicted molar refractivity (Wildman–Crippen MR) is 73.9 cm³/mol. The highest BCUT2D eigenvalue weighted by Gasteiger charge is 2.31. The number of aromatic nitrogens is 2. The van der Waals surface area contributed by atoms with E-state index < -0.39 is 0 Å². The smallest absolute Gasteiger partial charge is 0.153 e. The average molecular weight is 248 g/mol. The zero-order valence-electron chi connectivity index (χ0n) is 11.4. The Hall–Kier alpha value is -1.03. The molecule has 4 nitrogen and oxygen atoms in total. The fourth-order valence-corrected chi connectivity index (χ4v) is 3.47.